The number of aryl methyl sites for hydroxylation is 1. The van der Waals surface area contributed by atoms with Crippen LogP contribution in [0.15, 0.2) is 18.5 Å². The lowest BCUT2D eigenvalue weighted by molar-refractivity contribution is 0.269. The number of pyridine rings is 1. The zero-order valence-electron chi connectivity index (χ0n) is 12.5. The van der Waals surface area contributed by atoms with E-state index in [1.54, 1.807) is 0 Å². The third kappa shape index (κ3) is 2.12. The molecule has 1 aliphatic heterocycles. The zero-order chi connectivity index (χ0) is 14.0. The number of aromatic nitrogens is 3. The largest absolute Gasteiger partial charge is 0.328 e. The Kier molecular flexibility index (Phi) is 3.74. The summed E-state index contributed by atoms with van der Waals surface area (Å²) < 4.78 is 2.39. The Morgan fingerprint density at radius 3 is 3.00 bits per heavy atom. The minimum atomic E-state index is 0.196. The van der Waals surface area contributed by atoms with Gasteiger partial charge in [0.25, 0.3) is 0 Å². The van der Waals surface area contributed by atoms with Gasteiger partial charge >= 0.3 is 0 Å². The summed E-state index contributed by atoms with van der Waals surface area (Å²) >= 11 is 0. The molecule has 1 fully saturated rings. The number of piperidine rings is 1. The molecule has 2 aromatic rings. The van der Waals surface area contributed by atoms with Gasteiger partial charge in [-0.25, -0.2) is 4.98 Å². The van der Waals surface area contributed by atoms with E-state index in [2.05, 4.69) is 34.8 Å². The van der Waals surface area contributed by atoms with Gasteiger partial charge in [-0.1, -0.05) is 13.3 Å². The van der Waals surface area contributed by atoms with Crippen molar-refractivity contribution < 1.29 is 0 Å². The summed E-state index contributed by atoms with van der Waals surface area (Å²) in [4.78, 5) is 9.18. The molecule has 4 nitrogen and oxygen atoms in total. The summed E-state index contributed by atoms with van der Waals surface area (Å²) in [5.74, 6) is 1.26. The fourth-order valence-electron chi connectivity index (χ4n) is 3.67. The van der Waals surface area contributed by atoms with Crippen molar-refractivity contribution in [3.63, 3.8) is 0 Å². The maximum atomic E-state index is 4.96. The monoisotopic (exact) mass is 272 g/mol. The van der Waals surface area contributed by atoms with Crippen LogP contribution >= 0.6 is 0 Å². The molecule has 0 spiro atoms. The maximum absolute atomic E-state index is 4.96. The molecule has 3 heterocycles. The van der Waals surface area contributed by atoms with E-state index in [9.17, 15) is 0 Å². The molecule has 0 aliphatic carbocycles. The molecular weight excluding hydrogens is 248 g/mol. The number of imidazole rings is 1. The molecule has 1 atom stereocenters. The summed E-state index contributed by atoms with van der Waals surface area (Å²) in [6.07, 6.45) is 8.64. The van der Waals surface area contributed by atoms with Crippen molar-refractivity contribution in [2.45, 2.75) is 51.5 Å². The second-order valence-electron chi connectivity index (χ2n) is 5.85. The average Bonchev–Trinajstić information content (AvgIpc) is 2.87. The van der Waals surface area contributed by atoms with Crippen LogP contribution in [0.4, 0.5) is 0 Å². The predicted octanol–water partition coefficient (Wildman–Crippen LogP) is 2.87. The Balaban J connectivity index is 2.14. The summed E-state index contributed by atoms with van der Waals surface area (Å²) in [6.45, 7) is 7.65. The van der Waals surface area contributed by atoms with Crippen molar-refractivity contribution in [3.05, 3.63) is 24.3 Å². The lowest BCUT2D eigenvalue weighted by Gasteiger charge is -2.37. The van der Waals surface area contributed by atoms with Gasteiger partial charge in [0, 0.05) is 24.7 Å². The fourth-order valence-corrected chi connectivity index (χ4v) is 3.67. The minimum absolute atomic E-state index is 0.196. The van der Waals surface area contributed by atoms with Crippen LogP contribution in [-0.2, 0) is 12.0 Å². The second-order valence-corrected chi connectivity index (χ2v) is 5.85. The van der Waals surface area contributed by atoms with Crippen LogP contribution in [0.2, 0.25) is 0 Å². The number of hydrogen-bond donors (Lipinski definition) is 1. The number of nitrogens with zero attached hydrogens (tertiary/aromatic N) is 3. The van der Waals surface area contributed by atoms with Gasteiger partial charge in [0.05, 0.1) is 11.7 Å². The number of rotatable bonds is 4. The first kappa shape index (κ1) is 13.6. The highest BCUT2D eigenvalue weighted by atomic mass is 15.1. The van der Waals surface area contributed by atoms with Gasteiger partial charge in [-0.3, -0.25) is 4.98 Å². The van der Waals surface area contributed by atoms with Gasteiger partial charge in [0.2, 0.25) is 0 Å². The summed E-state index contributed by atoms with van der Waals surface area (Å²) in [7, 11) is 0. The van der Waals surface area contributed by atoms with Crippen molar-refractivity contribution in [1.29, 1.82) is 0 Å². The Morgan fingerprint density at radius 1 is 1.40 bits per heavy atom. The summed E-state index contributed by atoms with van der Waals surface area (Å²) in [5, 5.41) is 3.59. The van der Waals surface area contributed by atoms with E-state index < -0.39 is 0 Å². The highest BCUT2D eigenvalue weighted by Crippen LogP contribution is 2.36. The highest BCUT2D eigenvalue weighted by molar-refractivity contribution is 5.75. The van der Waals surface area contributed by atoms with E-state index in [0.29, 0.717) is 0 Å². The molecule has 0 bridgehead atoms. The van der Waals surface area contributed by atoms with Gasteiger partial charge in [-0.2, -0.15) is 0 Å². The van der Waals surface area contributed by atoms with Gasteiger partial charge < -0.3 is 9.88 Å². The molecule has 2 aromatic heterocycles. The fraction of sp³-hybridized carbons (Fsp3) is 0.625. The second kappa shape index (κ2) is 5.52. The van der Waals surface area contributed by atoms with Crippen LogP contribution in [0.25, 0.3) is 11.0 Å². The predicted molar refractivity (Wildman–Crippen MR) is 81.9 cm³/mol. The topological polar surface area (TPSA) is 42.7 Å². The standard InChI is InChI=1S/C16H24N4/c1-3-7-16(8-5-9-18-12-16)15-19-13-11-17-10-6-14(13)20(15)4-2/h6,10-11,18H,3-5,7-9,12H2,1-2H3. The molecule has 1 N–H and O–H groups in total. The molecule has 0 amide bonds. The molecule has 108 valence electrons. The van der Waals surface area contributed by atoms with E-state index in [1.165, 1.54) is 37.0 Å². The molecule has 20 heavy (non-hydrogen) atoms. The minimum Gasteiger partial charge on any atom is -0.328 e. The highest BCUT2D eigenvalue weighted by Gasteiger charge is 2.37. The molecule has 3 rings (SSSR count). The van der Waals surface area contributed by atoms with Gasteiger partial charge in [-0.15, -0.1) is 0 Å². The van der Waals surface area contributed by atoms with E-state index in [0.717, 1.165) is 25.2 Å². The van der Waals surface area contributed by atoms with Crippen LogP contribution < -0.4 is 5.32 Å². The molecule has 0 saturated carbocycles. The van der Waals surface area contributed by atoms with Gasteiger partial charge in [-0.05, 0) is 38.8 Å². The first-order valence-corrected chi connectivity index (χ1v) is 7.82. The molecule has 0 aromatic carbocycles. The zero-order valence-corrected chi connectivity index (χ0v) is 12.5. The lowest BCUT2D eigenvalue weighted by Crippen LogP contribution is -2.45. The van der Waals surface area contributed by atoms with Crippen LogP contribution in [-0.4, -0.2) is 27.6 Å². The number of hydrogen-bond acceptors (Lipinski definition) is 3. The Hall–Kier alpha value is -1.42. The summed E-state index contributed by atoms with van der Waals surface area (Å²) in [5.41, 5.74) is 2.45. The van der Waals surface area contributed by atoms with Crippen LogP contribution in [0.1, 0.15) is 45.4 Å². The smallest absolute Gasteiger partial charge is 0.117 e. The Morgan fingerprint density at radius 2 is 2.30 bits per heavy atom. The number of fused-ring (bicyclic) bond motifs is 1. The Labute approximate surface area is 120 Å². The van der Waals surface area contributed by atoms with Crippen molar-refractivity contribution in [3.8, 4) is 0 Å². The van der Waals surface area contributed by atoms with Crippen LogP contribution in [0, 0.1) is 0 Å². The third-order valence-corrected chi connectivity index (χ3v) is 4.54. The van der Waals surface area contributed by atoms with E-state index in [-0.39, 0.29) is 5.41 Å². The third-order valence-electron chi connectivity index (χ3n) is 4.54. The Bertz CT molecular complexity index is 576. The van der Waals surface area contributed by atoms with Crippen molar-refractivity contribution >= 4 is 11.0 Å². The van der Waals surface area contributed by atoms with E-state index >= 15 is 0 Å². The van der Waals surface area contributed by atoms with Crippen LogP contribution in [0.3, 0.4) is 0 Å². The molecule has 4 heteroatoms. The van der Waals surface area contributed by atoms with Crippen molar-refractivity contribution in [2.75, 3.05) is 13.1 Å². The molecular formula is C16H24N4. The van der Waals surface area contributed by atoms with Crippen molar-refractivity contribution in [2.24, 2.45) is 0 Å². The molecule has 0 radical (unpaired) electrons. The molecule has 1 saturated heterocycles. The lowest BCUT2D eigenvalue weighted by atomic mass is 9.76. The van der Waals surface area contributed by atoms with E-state index in [4.69, 9.17) is 4.98 Å². The first-order valence-electron chi connectivity index (χ1n) is 7.82. The normalized spacial score (nSPS) is 23.3. The summed E-state index contributed by atoms with van der Waals surface area (Å²) in [6, 6.07) is 2.09. The van der Waals surface area contributed by atoms with Crippen molar-refractivity contribution in [1.82, 2.24) is 19.9 Å². The molecule has 1 aliphatic rings. The molecule has 1 unspecified atom stereocenters. The van der Waals surface area contributed by atoms with E-state index in [1.807, 2.05) is 12.4 Å². The average molecular weight is 272 g/mol. The van der Waals surface area contributed by atoms with Crippen LogP contribution in [0.5, 0.6) is 0 Å². The van der Waals surface area contributed by atoms with Gasteiger partial charge in [0.15, 0.2) is 0 Å². The first-order chi connectivity index (χ1) is 9.80. The quantitative estimate of drug-likeness (QED) is 0.930. The number of nitrogens with one attached hydrogen (secondary N) is 1. The van der Waals surface area contributed by atoms with Gasteiger partial charge in [0.1, 0.15) is 11.3 Å². The maximum Gasteiger partial charge on any atom is 0.117 e. The SMILES string of the molecule is CCCC1(c2nc3cnccc3n2CC)CCCNC1.